The highest BCUT2D eigenvalue weighted by Gasteiger charge is 2.16. The van der Waals surface area contributed by atoms with Crippen LogP contribution in [-0.4, -0.2) is 30.8 Å². The van der Waals surface area contributed by atoms with Gasteiger partial charge in [-0.1, -0.05) is 12.1 Å². The number of hydrogen-bond acceptors (Lipinski definition) is 4. The average molecular weight is 274 g/mol. The minimum absolute atomic E-state index is 0.0761. The van der Waals surface area contributed by atoms with Gasteiger partial charge in [0.1, 0.15) is 15.4 Å². The van der Waals surface area contributed by atoms with E-state index in [9.17, 15) is 8.42 Å². The summed E-state index contributed by atoms with van der Waals surface area (Å²) < 4.78 is 27.6. The summed E-state index contributed by atoms with van der Waals surface area (Å²) in [4.78, 5) is 4.24. The highest BCUT2D eigenvalue weighted by Crippen LogP contribution is 2.17. The second-order valence-corrected chi connectivity index (χ2v) is 6.77. The molecule has 1 aromatic heterocycles. The highest BCUT2D eigenvalue weighted by molar-refractivity contribution is 7.90. The number of halogens is 1. The normalized spacial score (nSPS) is 14.0. The lowest BCUT2D eigenvalue weighted by Crippen LogP contribution is -2.17. The van der Waals surface area contributed by atoms with Gasteiger partial charge in [-0.3, -0.25) is 0 Å². The fourth-order valence-electron chi connectivity index (χ4n) is 1.58. The molecule has 1 aromatic carbocycles. The van der Waals surface area contributed by atoms with Gasteiger partial charge >= 0.3 is 0 Å². The maximum atomic E-state index is 11.1. The third-order valence-electron chi connectivity index (χ3n) is 2.22. The van der Waals surface area contributed by atoms with Gasteiger partial charge in [-0.15, -0.1) is 11.6 Å². The lowest BCUT2D eigenvalue weighted by molar-refractivity contribution is 0.525. The molecule has 0 radical (unpaired) electrons. The first kappa shape index (κ1) is 12.4. The Morgan fingerprint density at radius 3 is 2.76 bits per heavy atom. The summed E-state index contributed by atoms with van der Waals surface area (Å²) in [6.45, 7) is 0. The van der Waals surface area contributed by atoms with E-state index in [4.69, 9.17) is 16.0 Å². The fourth-order valence-corrected chi connectivity index (χ4v) is 3.18. The van der Waals surface area contributed by atoms with E-state index in [0.717, 1.165) is 11.8 Å². The van der Waals surface area contributed by atoms with Crippen LogP contribution < -0.4 is 0 Å². The summed E-state index contributed by atoms with van der Waals surface area (Å²) in [6.07, 6.45) is 1.47. The Labute approximate surface area is 105 Å². The summed E-state index contributed by atoms with van der Waals surface area (Å²) in [5.74, 6) is 0.391. The number of fused-ring (bicyclic) bond motifs is 1. The maximum Gasteiger partial charge on any atom is 0.196 e. The number of aromatic nitrogens is 1. The van der Waals surface area contributed by atoms with Gasteiger partial charge in [0.25, 0.3) is 0 Å². The molecule has 2 aromatic rings. The Balaban J connectivity index is 2.13. The van der Waals surface area contributed by atoms with Gasteiger partial charge < -0.3 is 4.42 Å². The summed E-state index contributed by atoms with van der Waals surface area (Å²) in [6, 6.07) is 7.36. The van der Waals surface area contributed by atoms with Gasteiger partial charge in [-0.25, -0.2) is 13.4 Å². The summed E-state index contributed by atoms with van der Waals surface area (Å²) in [5.41, 5.74) is 1.44. The van der Waals surface area contributed by atoms with Crippen LogP contribution in [0.15, 0.2) is 28.7 Å². The van der Waals surface area contributed by atoms with Crippen molar-refractivity contribution >= 4 is 32.5 Å². The van der Waals surface area contributed by atoms with Crippen molar-refractivity contribution in [2.75, 3.05) is 12.0 Å². The molecule has 92 valence electrons. The van der Waals surface area contributed by atoms with Crippen LogP contribution in [-0.2, 0) is 16.3 Å². The lowest BCUT2D eigenvalue weighted by atomic mass is 10.3. The molecule has 0 saturated heterocycles. The number of alkyl halides is 1. The molecular formula is C11H12ClNO3S. The zero-order chi connectivity index (χ0) is 12.5. The van der Waals surface area contributed by atoms with Crippen LogP contribution in [0.4, 0.5) is 0 Å². The lowest BCUT2D eigenvalue weighted by Gasteiger charge is -2.04. The van der Waals surface area contributed by atoms with Crippen LogP contribution in [0.2, 0.25) is 0 Å². The van der Waals surface area contributed by atoms with E-state index in [1.54, 1.807) is 0 Å². The Morgan fingerprint density at radius 2 is 2.12 bits per heavy atom. The Bertz CT molecular complexity index is 587. The van der Waals surface area contributed by atoms with E-state index in [1.165, 1.54) is 0 Å². The van der Waals surface area contributed by atoms with Gasteiger partial charge in [0, 0.05) is 12.7 Å². The first-order valence-corrected chi connectivity index (χ1v) is 7.60. The molecule has 1 atom stereocenters. The van der Waals surface area contributed by atoms with E-state index in [0.29, 0.717) is 17.9 Å². The molecule has 0 bridgehead atoms. The van der Waals surface area contributed by atoms with Crippen LogP contribution in [0.5, 0.6) is 0 Å². The molecule has 0 aliphatic carbocycles. The smallest absolute Gasteiger partial charge is 0.196 e. The number of rotatable bonds is 4. The number of benzene rings is 1. The summed E-state index contributed by atoms with van der Waals surface area (Å²) in [7, 11) is -3.07. The molecule has 1 unspecified atom stereocenters. The van der Waals surface area contributed by atoms with Crippen molar-refractivity contribution in [1.29, 1.82) is 0 Å². The van der Waals surface area contributed by atoms with Crippen LogP contribution in [0.3, 0.4) is 0 Å². The molecule has 17 heavy (non-hydrogen) atoms. The van der Waals surface area contributed by atoms with Crippen molar-refractivity contribution < 1.29 is 12.8 Å². The molecule has 0 fully saturated rings. The summed E-state index contributed by atoms with van der Waals surface area (Å²) >= 11 is 5.95. The molecule has 0 N–H and O–H groups in total. The van der Waals surface area contributed by atoms with Crippen molar-refractivity contribution in [3.05, 3.63) is 30.2 Å². The Morgan fingerprint density at radius 1 is 1.41 bits per heavy atom. The minimum Gasteiger partial charge on any atom is -0.441 e. The fraction of sp³-hybridized carbons (Fsp3) is 0.364. The zero-order valence-electron chi connectivity index (χ0n) is 9.26. The molecule has 6 heteroatoms. The second-order valence-electron chi connectivity index (χ2n) is 3.97. The number of oxazole rings is 1. The van der Waals surface area contributed by atoms with Gasteiger partial charge in [0.15, 0.2) is 11.5 Å². The largest absolute Gasteiger partial charge is 0.441 e. The van der Waals surface area contributed by atoms with E-state index in [1.807, 2.05) is 24.3 Å². The van der Waals surface area contributed by atoms with Crippen molar-refractivity contribution in [2.45, 2.75) is 11.8 Å². The number of hydrogen-bond donors (Lipinski definition) is 0. The number of sulfone groups is 1. The highest BCUT2D eigenvalue weighted by atomic mass is 35.5. The monoisotopic (exact) mass is 273 g/mol. The van der Waals surface area contributed by atoms with E-state index in [-0.39, 0.29) is 5.75 Å². The second kappa shape index (κ2) is 4.66. The van der Waals surface area contributed by atoms with Crippen molar-refractivity contribution in [3.8, 4) is 0 Å². The van der Waals surface area contributed by atoms with Gasteiger partial charge in [0.2, 0.25) is 0 Å². The molecule has 4 nitrogen and oxygen atoms in total. The van der Waals surface area contributed by atoms with Crippen molar-refractivity contribution in [3.63, 3.8) is 0 Å². The van der Waals surface area contributed by atoms with Gasteiger partial charge in [-0.2, -0.15) is 0 Å². The van der Waals surface area contributed by atoms with Gasteiger partial charge in [0.05, 0.1) is 11.1 Å². The molecule has 0 aliphatic heterocycles. The first-order chi connectivity index (χ1) is 7.94. The average Bonchev–Trinajstić information content (AvgIpc) is 2.55. The van der Waals surface area contributed by atoms with E-state index < -0.39 is 15.2 Å². The van der Waals surface area contributed by atoms with E-state index >= 15 is 0 Å². The molecular weight excluding hydrogens is 262 g/mol. The quantitative estimate of drug-likeness (QED) is 0.800. The number of para-hydroxylation sites is 2. The third kappa shape index (κ3) is 3.44. The molecule has 0 amide bonds. The molecule has 0 saturated carbocycles. The topological polar surface area (TPSA) is 60.2 Å². The molecule has 1 heterocycles. The maximum absolute atomic E-state index is 11.1. The van der Waals surface area contributed by atoms with Crippen LogP contribution in [0.25, 0.3) is 11.1 Å². The Hall–Kier alpha value is -1.07. The first-order valence-electron chi connectivity index (χ1n) is 5.10. The van der Waals surface area contributed by atoms with Crippen LogP contribution in [0.1, 0.15) is 5.89 Å². The Kier molecular flexibility index (Phi) is 3.40. The zero-order valence-corrected chi connectivity index (χ0v) is 10.8. The van der Waals surface area contributed by atoms with Crippen LogP contribution >= 0.6 is 11.6 Å². The van der Waals surface area contributed by atoms with Crippen molar-refractivity contribution in [2.24, 2.45) is 0 Å². The molecule has 2 rings (SSSR count). The van der Waals surface area contributed by atoms with Crippen molar-refractivity contribution in [1.82, 2.24) is 4.98 Å². The minimum atomic E-state index is -3.07. The predicted octanol–water partition coefficient (Wildman–Crippen LogP) is 2.02. The SMILES string of the molecule is CS(=O)(=O)CC(Cl)Cc1nc2ccccc2o1. The predicted molar refractivity (Wildman–Crippen MR) is 67.1 cm³/mol. The molecule has 0 spiro atoms. The third-order valence-corrected chi connectivity index (χ3v) is 3.72. The molecule has 0 aliphatic rings. The standard InChI is InChI=1S/C11H12ClNO3S/c1-17(14,15)7-8(12)6-11-13-9-4-2-3-5-10(9)16-11/h2-5,8H,6-7H2,1H3. The summed E-state index contributed by atoms with van der Waals surface area (Å²) in [5, 5.41) is -0.516. The van der Waals surface area contributed by atoms with Gasteiger partial charge in [-0.05, 0) is 12.1 Å². The van der Waals surface area contributed by atoms with E-state index in [2.05, 4.69) is 4.98 Å². The van der Waals surface area contributed by atoms with Crippen LogP contribution in [0, 0.1) is 0 Å². The number of nitrogens with zero attached hydrogens (tertiary/aromatic N) is 1.